The van der Waals surface area contributed by atoms with E-state index in [0.29, 0.717) is 32.9 Å². The van der Waals surface area contributed by atoms with Crippen LogP contribution in [0.5, 0.6) is 5.75 Å². The number of aryl methyl sites for hydroxylation is 1. The molecule has 0 aliphatic heterocycles. The Labute approximate surface area is 213 Å². The molecule has 0 radical (unpaired) electrons. The molecule has 4 rings (SSSR count). The molecule has 0 aliphatic carbocycles. The molecule has 0 bridgehead atoms. The minimum Gasteiger partial charge on any atom is -0.495 e. The number of aliphatic imine (C=N–C) groups is 1. The summed E-state index contributed by atoms with van der Waals surface area (Å²) in [7, 11) is -0.858. The Kier molecular flexibility index (Phi) is 8.29. The summed E-state index contributed by atoms with van der Waals surface area (Å²) < 4.78 is 40.9. The van der Waals surface area contributed by atoms with Crippen molar-refractivity contribution in [2.75, 3.05) is 19.1 Å². The Bertz CT molecular complexity index is 1470. The van der Waals surface area contributed by atoms with Gasteiger partial charge in [0, 0.05) is 23.5 Å². The van der Waals surface area contributed by atoms with Crippen molar-refractivity contribution < 1.29 is 22.1 Å². The minimum absolute atomic E-state index is 0.0666. The van der Waals surface area contributed by atoms with Gasteiger partial charge >= 0.3 is 0 Å². The van der Waals surface area contributed by atoms with Crippen LogP contribution in [-0.2, 0) is 10.1 Å². The summed E-state index contributed by atoms with van der Waals surface area (Å²) in [6.45, 7) is 1.84. The number of nitrogens with zero attached hydrogens (tertiary/aromatic N) is 2. The van der Waals surface area contributed by atoms with Gasteiger partial charge in [-0.05, 0) is 43.3 Å². The van der Waals surface area contributed by atoms with Crippen LogP contribution in [0.25, 0.3) is 11.0 Å². The number of para-hydroxylation sites is 1. The SMILES string of the molecule is CN=C(N)N(c1cc2cccc(Cl)c2o1)c1cc(Cl)ccc1OC.Cc1ccc(S(=O)(=O)O)cc1. The number of furan rings is 1. The zero-order chi connectivity index (χ0) is 25.8. The zero-order valence-corrected chi connectivity index (χ0v) is 21.4. The van der Waals surface area contributed by atoms with E-state index in [4.69, 9.17) is 42.6 Å². The number of hydrogen-bond acceptors (Lipinski definition) is 5. The van der Waals surface area contributed by atoms with Gasteiger partial charge in [-0.15, -0.1) is 0 Å². The Morgan fingerprint density at radius 3 is 2.34 bits per heavy atom. The third-order valence-corrected chi connectivity index (χ3v) is 6.26. The molecule has 3 N–H and O–H groups in total. The highest BCUT2D eigenvalue weighted by Crippen LogP contribution is 2.39. The maximum absolute atomic E-state index is 10.5. The number of methoxy groups -OCH3 is 1. The molecule has 1 aromatic heterocycles. The third-order valence-electron chi connectivity index (χ3n) is 4.86. The van der Waals surface area contributed by atoms with E-state index in [2.05, 4.69) is 4.99 Å². The quantitative estimate of drug-likeness (QED) is 0.185. The van der Waals surface area contributed by atoms with Gasteiger partial charge in [-0.3, -0.25) is 9.55 Å². The number of ether oxygens (including phenoxy) is 1. The second-order valence-corrected chi connectivity index (χ2v) is 9.53. The molecule has 0 atom stereocenters. The summed E-state index contributed by atoms with van der Waals surface area (Å²) in [6.07, 6.45) is 0. The van der Waals surface area contributed by atoms with Crippen LogP contribution in [0, 0.1) is 6.92 Å². The molecular weight excluding hydrogens is 513 g/mol. The summed E-state index contributed by atoms with van der Waals surface area (Å²) in [5.41, 5.74) is 8.24. The molecule has 0 saturated carbocycles. The van der Waals surface area contributed by atoms with Crippen molar-refractivity contribution in [3.05, 3.63) is 82.3 Å². The molecule has 0 saturated heterocycles. The Morgan fingerprint density at radius 2 is 1.77 bits per heavy atom. The van der Waals surface area contributed by atoms with Crippen molar-refractivity contribution in [2.45, 2.75) is 11.8 Å². The molecule has 4 aromatic rings. The van der Waals surface area contributed by atoms with Crippen LogP contribution < -0.4 is 15.4 Å². The summed E-state index contributed by atoms with van der Waals surface area (Å²) >= 11 is 12.3. The summed E-state index contributed by atoms with van der Waals surface area (Å²) in [4.78, 5) is 5.63. The van der Waals surface area contributed by atoms with Crippen LogP contribution in [0.2, 0.25) is 10.0 Å². The first-order chi connectivity index (χ1) is 16.5. The highest BCUT2D eigenvalue weighted by atomic mass is 35.5. The van der Waals surface area contributed by atoms with E-state index in [1.165, 1.54) is 12.1 Å². The van der Waals surface area contributed by atoms with Crippen LogP contribution in [0.15, 0.2) is 81.0 Å². The van der Waals surface area contributed by atoms with E-state index < -0.39 is 10.1 Å². The molecule has 184 valence electrons. The van der Waals surface area contributed by atoms with Crippen molar-refractivity contribution >= 4 is 61.8 Å². The number of benzene rings is 3. The van der Waals surface area contributed by atoms with Crippen LogP contribution in [0.1, 0.15) is 5.56 Å². The van der Waals surface area contributed by atoms with Crippen molar-refractivity contribution in [3.8, 4) is 5.75 Å². The van der Waals surface area contributed by atoms with Gasteiger partial charge in [-0.1, -0.05) is 53.0 Å². The number of halogens is 2. The monoisotopic (exact) mass is 535 g/mol. The van der Waals surface area contributed by atoms with Gasteiger partial charge in [0.2, 0.25) is 11.8 Å². The molecule has 11 heteroatoms. The molecule has 0 unspecified atom stereocenters. The van der Waals surface area contributed by atoms with Crippen molar-refractivity contribution in [1.29, 1.82) is 0 Å². The van der Waals surface area contributed by atoms with E-state index in [-0.39, 0.29) is 10.9 Å². The average molecular weight is 536 g/mol. The highest BCUT2D eigenvalue weighted by molar-refractivity contribution is 7.85. The maximum Gasteiger partial charge on any atom is 0.294 e. The van der Waals surface area contributed by atoms with Crippen LogP contribution in [0.4, 0.5) is 11.6 Å². The lowest BCUT2D eigenvalue weighted by Crippen LogP contribution is -2.33. The van der Waals surface area contributed by atoms with E-state index in [9.17, 15) is 8.42 Å². The van der Waals surface area contributed by atoms with Gasteiger partial charge < -0.3 is 14.9 Å². The Balaban J connectivity index is 0.000000261. The first-order valence-corrected chi connectivity index (χ1v) is 12.3. The number of guanidine groups is 1. The molecule has 8 nitrogen and oxygen atoms in total. The van der Waals surface area contributed by atoms with Gasteiger partial charge in [0.05, 0.1) is 22.7 Å². The second-order valence-electron chi connectivity index (χ2n) is 7.26. The number of anilines is 2. The lowest BCUT2D eigenvalue weighted by Gasteiger charge is -2.22. The number of nitrogens with two attached hydrogens (primary N) is 1. The highest BCUT2D eigenvalue weighted by Gasteiger charge is 2.22. The lowest BCUT2D eigenvalue weighted by atomic mass is 10.2. The van der Waals surface area contributed by atoms with Crippen molar-refractivity contribution in [1.82, 2.24) is 0 Å². The summed E-state index contributed by atoms with van der Waals surface area (Å²) in [5.74, 6) is 1.27. The molecule has 0 spiro atoms. The molecule has 35 heavy (non-hydrogen) atoms. The van der Waals surface area contributed by atoms with E-state index >= 15 is 0 Å². The van der Waals surface area contributed by atoms with E-state index in [1.54, 1.807) is 55.5 Å². The van der Waals surface area contributed by atoms with Gasteiger partial charge in [0.25, 0.3) is 10.1 Å². The van der Waals surface area contributed by atoms with Gasteiger partial charge in [-0.2, -0.15) is 8.42 Å². The average Bonchev–Trinajstić information content (AvgIpc) is 3.24. The minimum atomic E-state index is -4.02. The predicted molar refractivity (Wildman–Crippen MR) is 140 cm³/mol. The topological polar surface area (TPSA) is 118 Å². The predicted octanol–water partition coefficient (Wildman–Crippen LogP) is 6.07. The largest absolute Gasteiger partial charge is 0.495 e. The van der Waals surface area contributed by atoms with Crippen LogP contribution >= 0.6 is 23.2 Å². The molecule has 0 amide bonds. The van der Waals surface area contributed by atoms with Gasteiger partial charge in [0.15, 0.2) is 5.58 Å². The fourth-order valence-electron chi connectivity index (χ4n) is 3.13. The van der Waals surface area contributed by atoms with Gasteiger partial charge in [-0.25, -0.2) is 4.90 Å². The Hall–Kier alpha value is -3.24. The molecule has 3 aromatic carbocycles. The second kappa shape index (κ2) is 11.0. The number of fused-ring (bicyclic) bond motifs is 1. The van der Waals surface area contributed by atoms with Crippen molar-refractivity contribution in [3.63, 3.8) is 0 Å². The molecular formula is C24H23Cl2N3O5S. The summed E-state index contributed by atoms with van der Waals surface area (Å²) in [6, 6.07) is 18.6. The fraction of sp³-hybridized carbons (Fsp3) is 0.125. The smallest absolute Gasteiger partial charge is 0.294 e. The summed E-state index contributed by atoms with van der Waals surface area (Å²) in [5, 5.41) is 1.91. The van der Waals surface area contributed by atoms with E-state index in [0.717, 1.165) is 10.9 Å². The normalized spacial score (nSPS) is 11.7. The maximum atomic E-state index is 10.5. The van der Waals surface area contributed by atoms with Crippen molar-refractivity contribution in [2.24, 2.45) is 10.7 Å². The zero-order valence-electron chi connectivity index (χ0n) is 19.1. The van der Waals surface area contributed by atoms with E-state index in [1.807, 2.05) is 25.1 Å². The van der Waals surface area contributed by atoms with Gasteiger partial charge in [0.1, 0.15) is 5.75 Å². The number of rotatable bonds is 4. The standard InChI is InChI=1S/C17H15Cl2N3O2.C7H8O3S/c1-21-17(20)22(13-9-11(18)6-7-14(13)23-2)15-8-10-4-3-5-12(19)16(10)24-15;1-6-2-4-7(5-3-6)11(8,9)10/h3-9H,1-2H3,(H2,20,21);2-5H,1H3,(H,8,9,10). The molecule has 0 aliphatic rings. The molecule has 1 heterocycles. The first kappa shape index (κ1) is 26.4. The fourth-order valence-corrected chi connectivity index (χ4v) is 3.99. The van der Waals surface area contributed by atoms with Crippen LogP contribution in [-0.4, -0.2) is 33.1 Å². The molecule has 0 fully saturated rings. The van der Waals surface area contributed by atoms with Crippen LogP contribution in [0.3, 0.4) is 0 Å². The third kappa shape index (κ3) is 6.26. The number of hydrogen-bond donors (Lipinski definition) is 2. The lowest BCUT2D eigenvalue weighted by molar-refractivity contribution is 0.415. The Morgan fingerprint density at radius 1 is 1.09 bits per heavy atom. The first-order valence-electron chi connectivity index (χ1n) is 10.1.